The van der Waals surface area contributed by atoms with Crippen molar-refractivity contribution in [2.45, 2.75) is 24.3 Å². The minimum atomic E-state index is 0.856. The van der Waals surface area contributed by atoms with E-state index in [0.717, 1.165) is 11.8 Å². The largest absolute Gasteiger partial charge is 0.306 e. The van der Waals surface area contributed by atoms with Crippen LogP contribution in [0.2, 0.25) is 0 Å². The van der Waals surface area contributed by atoms with Crippen LogP contribution in [0.1, 0.15) is 17.7 Å². The Balaban J connectivity index is 1.87. The van der Waals surface area contributed by atoms with Crippen molar-refractivity contribution in [1.82, 2.24) is 15.1 Å². The van der Waals surface area contributed by atoms with Crippen molar-refractivity contribution in [1.29, 1.82) is 0 Å². The summed E-state index contributed by atoms with van der Waals surface area (Å²) >= 11 is 1.77. The molecule has 2 atom stereocenters. The van der Waals surface area contributed by atoms with E-state index in [1.807, 2.05) is 0 Å². The predicted molar refractivity (Wildman–Crippen MR) is 66.9 cm³/mol. The summed E-state index contributed by atoms with van der Waals surface area (Å²) in [6.45, 7) is 2.53. The molecule has 1 aliphatic heterocycles. The van der Waals surface area contributed by atoms with Gasteiger partial charge in [0.2, 0.25) is 0 Å². The first-order valence-corrected chi connectivity index (χ1v) is 7.29. The number of piperidine rings is 1. The van der Waals surface area contributed by atoms with E-state index in [4.69, 9.17) is 0 Å². The molecule has 1 aromatic heterocycles. The topological polar surface area (TPSA) is 31.9 Å². The predicted octanol–water partition coefficient (Wildman–Crippen LogP) is 1.80. The minimum Gasteiger partial charge on any atom is -0.306 e. The number of likely N-dealkylation sites (tertiary alicyclic amines) is 1. The zero-order valence-corrected chi connectivity index (χ0v) is 10.8. The minimum absolute atomic E-state index is 0.856. The SMILES string of the molecule is CSc1n[nH]c2c1C[C@H]1CN(C)CC[C@@H]1C2. The highest BCUT2D eigenvalue weighted by Crippen LogP contribution is 2.37. The second kappa shape index (κ2) is 4.08. The molecule has 2 heterocycles. The number of H-pyrrole nitrogens is 1. The van der Waals surface area contributed by atoms with E-state index in [0.29, 0.717) is 0 Å². The van der Waals surface area contributed by atoms with E-state index in [-0.39, 0.29) is 0 Å². The van der Waals surface area contributed by atoms with Crippen molar-refractivity contribution in [2.24, 2.45) is 11.8 Å². The fraction of sp³-hybridized carbons (Fsp3) is 0.750. The summed E-state index contributed by atoms with van der Waals surface area (Å²) in [6.07, 6.45) is 5.93. The quantitative estimate of drug-likeness (QED) is 0.756. The molecule has 0 radical (unpaired) electrons. The first-order valence-electron chi connectivity index (χ1n) is 6.06. The summed E-state index contributed by atoms with van der Waals surface area (Å²) in [5.41, 5.74) is 2.92. The molecule has 3 rings (SSSR count). The zero-order chi connectivity index (χ0) is 11.1. The third-order valence-corrected chi connectivity index (χ3v) is 4.86. The Labute approximate surface area is 101 Å². The highest BCUT2D eigenvalue weighted by Gasteiger charge is 2.34. The molecule has 4 heteroatoms. The smallest absolute Gasteiger partial charge is 0.121 e. The Hall–Kier alpha value is -0.480. The van der Waals surface area contributed by atoms with E-state index in [2.05, 4.69) is 28.4 Å². The Morgan fingerprint density at radius 3 is 3.06 bits per heavy atom. The molecule has 3 nitrogen and oxygen atoms in total. The van der Waals surface area contributed by atoms with Gasteiger partial charge in [-0.3, -0.25) is 5.10 Å². The highest BCUT2D eigenvalue weighted by atomic mass is 32.2. The number of aromatic amines is 1. The van der Waals surface area contributed by atoms with Crippen molar-refractivity contribution >= 4 is 11.8 Å². The van der Waals surface area contributed by atoms with Gasteiger partial charge in [-0.1, -0.05) is 0 Å². The first kappa shape index (κ1) is 10.7. The van der Waals surface area contributed by atoms with Gasteiger partial charge >= 0.3 is 0 Å². The van der Waals surface area contributed by atoms with Crippen molar-refractivity contribution in [3.8, 4) is 0 Å². The van der Waals surface area contributed by atoms with Gasteiger partial charge in [-0.05, 0) is 50.9 Å². The Morgan fingerprint density at radius 2 is 2.25 bits per heavy atom. The molecule has 88 valence electrons. The second-order valence-corrected chi connectivity index (χ2v) is 5.96. The lowest BCUT2D eigenvalue weighted by molar-refractivity contribution is 0.133. The highest BCUT2D eigenvalue weighted by molar-refractivity contribution is 7.98. The third-order valence-electron chi connectivity index (χ3n) is 4.14. The zero-order valence-electron chi connectivity index (χ0n) is 9.99. The summed E-state index contributed by atoms with van der Waals surface area (Å²) < 4.78 is 0. The number of hydrogen-bond acceptors (Lipinski definition) is 3. The number of nitrogens with zero attached hydrogens (tertiary/aromatic N) is 2. The molecule has 0 aromatic carbocycles. The molecule has 0 amide bonds. The monoisotopic (exact) mass is 237 g/mol. The van der Waals surface area contributed by atoms with Gasteiger partial charge in [-0.25, -0.2) is 0 Å². The van der Waals surface area contributed by atoms with Crippen LogP contribution >= 0.6 is 11.8 Å². The van der Waals surface area contributed by atoms with E-state index >= 15 is 0 Å². The lowest BCUT2D eigenvalue weighted by Gasteiger charge is -2.39. The number of rotatable bonds is 1. The van der Waals surface area contributed by atoms with Crippen LogP contribution in [-0.2, 0) is 12.8 Å². The summed E-state index contributed by atoms with van der Waals surface area (Å²) in [5, 5.41) is 8.88. The van der Waals surface area contributed by atoms with Crippen LogP contribution in [0.15, 0.2) is 5.03 Å². The average molecular weight is 237 g/mol. The molecule has 0 unspecified atom stereocenters. The number of nitrogens with one attached hydrogen (secondary N) is 1. The molecule has 0 spiro atoms. The summed E-state index contributed by atoms with van der Waals surface area (Å²) in [6, 6.07) is 0. The molecule has 2 aliphatic rings. The van der Waals surface area contributed by atoms with Gasteiger partial charge < -0.3 is 4.90 Å². The van der Waals surface area contributed by atoms with Gasteiger partial charge in [0.05, 0.1) is 0 Å². The van der Waals surface area contributed by atoms with Gasteiger partial charge in [-0.2, -0.15) is 5.10 Å². The molecule has 0 bridgehead atoms. The lowest BCUT2D eigenvalue weighted by atomic mass is 9.74. The number of thioether (sulfide) groups is 1. The molecule has 1 saturated heterocycles. The molecule has 1 fully saturated rings. The maximum Gasteiger partial charge on any atom is 0.121 e. The number of aromatic nitrogens is 2. The molecular weight excluding hydrogens is 218 g/mol. The second-order valence-electron chi connectivity index (χ2n) is 5.17. The van der Waals surface area contributed by atoms with Crippen LogP contribution in [0.4, 0.5) is 0 Å². The Morgan fingerprint density at radius 1 is 1.38 bits per heavy atom. The summed E-state index contributed by atoms with van der Waals surface area (Å²) in [7, 11) is 2.25. The van der Waals surface area contributed by atoms with Crippen LogP contribution in [0.3, 0.4) is 0 Å². The number of fused-ring (bicyclic) bond motifs is 2. The average Bonchev–Trinajstić information content (AvgIpc) is 2.68. The van der Waals surface area contributed by atoms with Gasteiger partial charge in [0.1, 0.15) is 5.03 Å². The van der Waals surface area contributed by atoms with Crippen LogP contribution < -0.4 is 0 Å². The van der Waals surface area contributed by atoms with E-state index in [1.165, 1.54) is 48.6 Å². The van der Waals surface area contributed by atoms with Crippen molar-refractivity contribution in [2.75, 3.05) is 26.4 Å². The fourth-order valence-corrected chi connectivity index (χ4v) is 3.81. The van der Waals surface area contributed by atoms with E-state index in [1.54, 1.807) is 11.8 Å². The third kappa shape index (κ3) is 1.68. The lowest BCUT2D eigenvalue weighted by Crippen LogP contribution is -2.41. The first-order chi connectivity index (χ1) is 7.78. The van der Waals surface area contributed by atoms with E-state index in [9.17, 15) is 0 Å². The normalized spacial score (nSPS) is 29.9. The molecule has 16 heavy (non-hydrogen) atoms. The van der Waals surface area contributed by atoms with Gasteiger partial charge in [0, 0.05) is 17.8 Å². The summed E-state index contributed by atoms with van der Waals surface area (Å²) in [4.78, 5) is 2.48. The number of hydrogen-bond donors (Lipinski definition) is 1. The molecule has 1 N–H and O–H groups in total. The van der Waals surface area contributed by atoms with E-state index < -0.39 is 0 Å². The van der Waals surface area contributed by atoms with Gasteiger partial charge in [-0.15, -0.1) is 11.8 Å². The molecule has 1 aliphatic carbocycles. The Bertz CT molecular complexity index is 388. The van der Waals surface area contributed by atoms with Gasteiger partial charge in [0.15, 0.2) is 0 Å². The summed E-state index contributed by atoms with van der Waals surface area (Å²) in [5.74, 6) is 1.74. The van der Waals surface area contributed by atoms with Gasteiger partial charge in [0.25, 0.3) is 0 Å². The molecule has 1 aromatic rings. The molecule has 0 saturated carbocycles. The van der Waals surface area contributed by atoms with Crippen molar-refractivity contribution < 1.29 is 0 Å². The van der Waals surface area contributed by atoms with Crippen molar-refractivity contribution in [3.05, 3.63) is 11.3 Å². The Kier molecular flexibility index (Phi) is 2.72. The standard InChI is InChI=1S/C12H19N3S/c1-15-4-3-8-6-11-10(5-9(8)7-15)12(16-2)14-13-11/h8-9H,3-7H2,1-2H3,(H,13,14)/t8-,9+/m1/s1. The maximum atomic E-state index is 4.42. The molecular formula is C12H19N3S. The van der Waals surface area contributed by atoms with Crippen LogP contribution in [-0.4, -0.2) is 41.5 Å². The van der Waals surface area contributed by atoms with Crippen molar-refractivity contribution in [3.63, 3.8) is 0 Å². The van der Waals surface area contributed by atoms with Crippen LogP contribution in [0.5, 0.6) is 0 Å². The fourth-order valence-electron chi connectivity index (χ4n) is 3.22. The van der Waals surface area contributed by atoms with Crippen LogP contribution in [0.25, 0.3) is 0 Å². The maximum absolute atomic E-state index is 4.42. The van der Waals surface area contributed by atoms with Crippen LogP contribution in [0, 0.1) is 11.8 Å².